The van der Waals surface area contributed by atoms with Gasteiger partial charge in [0, 0.05) is 6.54 Å². The number of benzene rings is 1. The number of hydrogen-bond donors (Lipinski definition) is 0. The van der Waals surface area contributed by atoms with E-state index in [0.717, 1.165) is 5.56 Å². The highest BCUT2D eigenvalue weighted by Gasteiger charge is 2.33. The zero-order valence-corrected chi connectivity index (χ0v) is 10.9. The Labute approximate surface area is 108 Å². The van der Waals surface area contributed by atoms with Gasteiger partial charge in [-0.15, -0.1) is 0 Å². The molecule has 3 nitrogen and oxygen atoms in total. The normalized spacial score (nSPS) is 19.8. The number of cyclic esters (lactones) is 1. The van der Waals surface area contributed by atoms with Crippen molar-refractivity contribution >= 4 is 12.2 Å². The van der Waals surface area contributed by atoms with Gasteiger partial charge in [-0.25, -0.2) is 4.79 Å². The Morgan fingerprint density at radius 3 is 2.78 bits per heavy atom. The summed E-state index contributed by atoms with van der Waals surface area (Å²) < 4.78 is 5.10. The lowest BCUT2D eigenvalue weighted by Gasteiger charge is -2.22. The number of carbonyl (C=O) groups is 1. The van der Waals surface area contributed by atoms with Gasteiger partial charge < -0.3 is 4.74 Å². The van der Waals surface area contributed by atoms with E-state index in [1.165, 1.54) is 0 Å². The van der Waals surface area contributed by atoms with E-state index in [4.69, 9.17) is 4.74 Å². The van der Waals surface area contributed by atoms with Gasteiger partial charge in [0.1, 0.15) is 6.61 Å². The number of hydrogen-bond acceptors (Lipinski definition) is 2. The minimum Gasteiger partial charge on any atom is -0.447 e. The molecule has 1 aliphatic heterocycles. The van der Waals surface area contributed by atoms with Gasteiger partial charge in [-0.3, -0.25) is 4.90 Å². The van der Waals surface area contributed by atoms with Gasteiger partial charge in [-0.1, -0.05) is 56.3 Å². The SMILES string of the molecule is CC(C)C1COC(=O)N1CC=Cc1ccccc1. The average Bonchev–Trinajstić information content (AvgIpc) is 2.73. The molecule has 1 aromatic carbocycles. The van der Waals surface area contributed by atoms with Crippen LogP contribution in [-0.2, 0) is 4.74 Å². The van der Waals surface area contributed by atoms with Gasteiger partial charge in [0.15, 0.2) is 0 Å². The largest absolute Gasteiger partial charge is 0.447 e. The summed E-state index contributed by atoms with van der Waals surface area (Å²) in [6, 6.07) is 10.3. The lowest BCUT2D eigenvalue weighted by molar-refractivity contribution is 0.160. The molecule has 1 saturated heterocycles. The number of rotatable bonds is 4. The van der Waals surface area contributed by atoms with Crippen molar-refractivity contribution in [2.75, 3.05) is 13.2 Å². The van der Waals surface area contributed by atoms with Crippen LogP contribution in [-0.4, -0.2) is 30.2 Å². The maximum atomic E-state index is 11.6. The summed E-state index contributed by atoms with van der Waals surface area (Å²) in [5.41, 5.74) is 1.14. The fourth-order valence-corrected chi connectivity index (χ4v) is 2.09. The second-order valence-corrected chi connectivity index (χ2v) is 4.85. The first-order valence-corrected chi connectivity index (χ1v) is 6.33. The molecule has 1 unspecified atom stereocenters. The zero-order valence-electron chi connectivity index (χ0n) is 10.9. The Morgan fingerprint density at radius 2 is 2.11 bits per heavy atom. The van der Waals surface area contributed by atoms with E-state index in [2.05, 4.69) is 13.8 Å². The Morgan fingerprint density at radius 1 is 1.39 bits per heavy atom. The molecule has 0 saturated carbocycles. The molecular formula is C15H19NO2. The van der Waals surface area contributed by atoms with Crippen LogP contribution in [0.4, 0.5) is 4.79 Å². The summed E-state index contributed by atoms with van der Waals surface area (Å²) >= 11 is 0. The molecule has 1 amide bonds. The van der Waals surface area contributed by atoms with Crippen molar-refractivity contribution in [3.63, 3.8) is 0 Å². The summed E-state index contributed by atoms with van der Waals surface area (Å²) in [6.07, 6.45) is 3.84. The quantitative estimate of drug-likeness (QED) is 0.815. The van der Waals surface area contributed by atoms with Gasteiger partial charge >= 0.3 is 6.09 Å². The molecule has 0 aromatic heterocycles. The van der Waals surface area contributed by atoms with E-state index in [0.29, 0.717) is 19.1 Å². The molecular weight excluding hydrogens is 226 g/mol. The van der Waals surface area contributed by atoms with Crippen molar-refractivity contribution in [1.29, 1.82) is 0 Å². The first-order chi connectivity index (χ1) is 8.68. The Hall–Kier alpha value is -1.77. The molecule has 3 heteroatoms. The fourth-order valence-electron chi connectivity index (χ4n) is 2.09. The minimum atomic E-state index is -0.202. The van der Waals surface area contributed by atoms with Gasteiger partial charge in [0.2, 0.25) is 0 Å². The van der Waals surface area contributed by atoms with Crippen LogP contribution >= 0.6 is 0 Å². The number of amides is 1. The topological polar surface area (TPSA) is 29.5 Å². The van der Waals surface area contributed by atoms with Crippen molar-refractivity contribution < 1.29 is 9.53 Å². The van der Waals surface area contributed by atoms with Crippen LogP contribution in [0.3, 0.4) is 0 Å². The molecule has 1 aliphatic rings. The number of carbonyl (C=O) groups excluding carboxylic acids is 1. The van der Waals surface area contributed by atoms with Gasteiger partial charge in [0.05, 0.1) is 6.04 Å². The van der Waals surface area contributed by atoms with Crippen LogP contribution in [0.2, 0.25) is 0 Å². The molecule has 0 N–H and O–H groups in total. The third kappa shape index (κ3) is 2.92. The molecule has 1 atom stereocenters. The molecule has 1 heterocycles. The predicted octanol–water partition coefficient (Wildman–Crippen LogP) is 3.18. The van der Waals surface area contributed by atoms with Crippen LogP contribution < -0.4 is 0 Å². The van der Waals surface area contributed by atoms with Gasteiger partial charge in [-0.2, -0.15) is 0 Å². The third-order valence-electron chi connectivity index (χ3n) is 3.19. The smallest absolute Gasteiger partial charge is 0.410 e. The lowest BCUT2D eigenvalue weighted by atomic mass is 10.0. The first-order valence-electron chi connectivity index (χ1n) is 6.33. The van der Waals surface area contributed by atoms with E-state index in [-0.39, 0.29) is 12.1 Å². The summed E-state index contributed by atoms with van der Waals surface area (Å²) in [5.74, 6) is 0.418. The van der Waals surface area contributed by atoms with Crippen LogP contribution in [0.25, 0.3) is 6.08 Å². The molecule has 96 valence electrons. The predicted molar refractivity (Wildman–Crippen MR) is 72.2 cm³/mol. The fraction of sp³-hybridized carbons (Fsp3) is 0.400. The maximum absolute atomic E-state index is 11.6. The van der Waals surface area contributed by atoms with Crippen molar-refractivity contribution in [1.82, 2.24) is 4.90 Å². The van der Waals surface area contributed by atoms with Crippen molar-refractivity contribution in [2.24, 2.45) is 5.92 Å². The van der Waals surface area contributed by atoms with E-state index in [1.54, 1.807) is 4.90 Å². The van der Waals surface area contributed by atoms with Crippen LogP contribution in [0.15, 0.2) is 36.4 Å². The van der Waals surface area contributed by atoms with Crippen molar-refractivity contribution in [3.05, 3.63) is 42.0 Å². The molecule has 0 bridgehead atoms. The van der Waals surface area contributed by atoms with Gasteiger partial charge in [-0.05, 0) is 11.5 Å². The minimum absolute atomic E-state index is 0.193. The number of nitrogens with zero attached hydrogens (tertiary/aromatic N) is 1. The summed E-state index contributed by atoms with van der Waals surface area (Å²) in [5, 5.41) is 0. The Kier molecular flexibility index (Phi) is 4.03. The van der Waals surface area contributed by atoms with E-state index in [1.807, 2.05) is 42.5 Å². The third-order valence-corrected chi connectivity index (χ3v) is 3.19. The Bertz CT molecular complexity index is 425. The molecule has 0 spiro atoms. The average molecular weight is 245 g/mol. The first kappa shape index (κ1) is 12.7. The molecule has 1 fully saturated rings. The maximum Gasteiger partial charge on any atom is 0.410 e. The highest BCUT2D eigenvalue weighted by atomic mass is 16.6. The highest BCUT2D eigenvalue weighted by Crippen LogP contribution is 2.19. The van der Waals surface area contributed by atoms with Crippen LogP contribution in [0, 0.1) is 5.92 Å². The monoisotopic (exact) mass is 245 g/mol. The second-order valence-electron chi connectivity index (χ2n) is 4.85. The van der Waals surface area contributed by atoms with E-state index < -0.39 is 0 Å². The molecule has 0 aliphatic carbocycles. The summed E-state index contributed by atoms with van der Waals surface area (Å²) in [4.78, 5) is 13.4. The van der Waals surface area contributed by atoms with Crippen LogP contribution in [0.5, 0.6) is 0 Å². The van der Waals surface area contributed by atoms with E-state index >= 15 is 0 Å². The number of ether oxygens (including phenoxy) is 1. The summed E-state index contributed by atoms with van der Waals surface area (Å²) in [7, 11) is 0. The Balaban J connectivity index is 1.96. The molecule has 18 heavy (non-hydrogen) atoms. The van der Waals surface area contributed by atoms with E-state index in [9.17, 15) is 4.79 Å². The van der Waals surface area contributed by atoms with Crippen molar-refractivity contribution in [2.45, 2.75) is 19.9 Å². The lowest BCUT2D eigenvalue weighted by Crippen LogP contribution is -2.37. The van der Waals surface area contributed by atoms with Crippen LogP contribution in [0.1, 0.15) is 19.4 Å². The standard InChI is InChI=1S/C15H19NO2/c1-12(2)14-11-18-15(17)16(14)10-6-9-13-7-4-3-5-8-13/h3-9,12,14H,10-11H2,1-2H3. The zero-order chi connectivity index (χ0) is 13.0. The molecule has 1 aromatic rings. The molecule has 2 rings (SSSR count). The summed E-state index contributed by atoms with van der Waals surface area (Å²) in [6.45, 7) is 5.34. The van der Waals surface area contributed by atoms with Crippen molar-refractivity contribution in [3.8, 4) is 0 Å². The second kappa shape index (κ2) is 5.71. The van der Waals surface area contributed by atoms with Gasteiger partial charge in [0.25, 0.3) is 0 Å². The molecule has 0 radical (unpaired) electrons. The highest BCUT2D eigenvalue weighted by molar-refractivity contribution is 5.70.